The molecule has 0 bridgehead atoms. The third kappa shape index (κ3) is 3.31. The number of hydrogen-bond acceptors (Lipinski definition) is 4. The molecule has 0 unspecified atom stereocenters. The van der Waals surface area contributed by atoms with Crippen molar-refractivity contribution in [3.05, 3.63) is 35.4 Å². The smallest absolute Gasteiger partial charge is 0.212 e. The Morgan fingerprint density at radius 1 is 1.35 bits per heavy atom. The first kappa shape index (κ1) is 11.6. The molecule has 4 nitrogen and oxygen atoms in total. The average Bonchev–Trinajstić information content (AvgIpc) is 2.38. The van der Waals surface area contributed by atoms with E-state index in [4.69, 9.17) is 0 Å². The van der Waals surface area contributed by atoms with Gasteiger partial charge in [0.2, 0.25) is 5.96 Å². The van der Waals surface area contributed by atoms with E-state index in [2.05, 4.69) is 52.0 Å². The summed E-state index contributed by atoms with van der Waals surface area (Å²) in [4.78, 5) is 4.30. The summed E-state index contributed by atoms with van der Waals surface area (Å²) < 4.78 is 0. The van der Waals surface area contributed by atoms with Crippen LogP contribution >= 0.6 is 0 Å². The maximum absolute atomic E-state index is 4.32. The van der Waals surface area contributed by atoms with E-state index in [1.807, 2.05) is 6.92 Å². The Labute approximate surface area is 102 Å². The van der Waals surface area contributed by atoms with Crippen molar-refractivity contribution in [3.63, 3.8) is 0 Å². The van der Waals surface area contributed by atoms with Gasteiger partial charge in [-0.25, -0.2) is 5.43 Å². The van der Waals surface area contributed by atoms with Crippen molar-refractivity contribution in [1.29, 1.82) is 0 Å². The van der Waals surface area contributed by atoms with E-state index in [9.17, 15) is 0 Å². The van der Waals surface area contributed by atoms with Gasteiger partial charge in [-0.1, -0.05) is 29.8 Å². The van der Waals surface area contributed by atoms with Crippen molar-refractivity contribution >= 4 is 11.7 Å². The van der Waals surface area contributed by atoms with Gasteiger partial charge in [-0.15, -0.1) is 0 Å². The molecule has 0 atom stereocenters. The van der Waals surface area contributed by atoms with Crippen molar-refractivity contribution in [3.8, 4) is 0 Å². The second-order valence-corrected chi connectivity index (χ2v) is 4.19. The molecule has 0 spiro atoms. The zero-order chi connectivity index (χ0) is 12.1. The first-order chi connectivity index (χ1) is 8.25. The highest BCUT2D eigenvalue weighted by atomic mass is 15.4. The Bertz CT molecular complexity index is 431. The molecule has 1 heterocycles. The van der Waals surface area contributed by atoms with Crippen molar-refractivity contribution in [2.75, 3.05) is 13.1 Å². The lowest BCUT2D eigenvalue weighted by molar-refractivity contribution is 0.711. The topological polar surface area (TPSA) is 48.8 Å². The van der Waals surface area contributed by atoms with Crippen LogP contribution in [0.4, 0.5) is 0 Å². The maximum Gasteiger partial charge on any atom is 0.212 e. The predicted molar refractivity (Wildman–Crippen MR) is 71.4 cm³/mol. The SMILES string of the molecule is CC(=NNC1=NCCCN1)c1ccc(C)cc1. The largest absolute Gasteiger partial charge is 0.355 e. The number of nitrogens with zero attached hydrogens (tertiary/aromatic N) is 2. The van der Waals surface area contributed by atoms with Gasteiger partial charge in [0.15, 0.2) is 0 Å². The van der Waals surface area contributed by atoms with Gasteiger partial charge in [-0.2, -0.15) is 5.10 Å². The molecule has 0 amide bonds. The number of aliphatic imine (C=N–C) groups is 1. The summed E-state index contributed by atoms with van der Waals surface area (Å²) in [7, 11) is 0. The van der Waals surface area contributed by atoms with E-state index in [1.54, 1.807) is 0 Å². The summed E-state index contributed by atoms with van der Waals surface area (Å²) in [6.45, 7) is 5.90. The van der Waals surface area contributed by atoms with Crippen molar-refractivity contribution < 1.29 is 0 Å². The van der Waals surface area contributed by atoms with Crippen molar-refractivity contribution in [2.45, 2.75) is 20.3 Å². The maximum atomic E-state index is 4.32. The minimum Gasteiger partial charge on any atom is -0.355 e. The summed E-state index contributed by atoms with van der Waals surface area (Å²) >= 11 is 0. The Hall–Kier alpha value is -1.84. The summed E-state index contributed by atoms with van der Waals surface area (Å²) in [6, 6.07) is 8.33. The molecule has 1 aromatic rings. The zero-order valence-electron chi connectivity index (χ0n) is 10.3. The van der Waals surface area contributed by atoms with E-state index < -0.39 is 0 Å². The molecule has 1 aliphatic rings. The van der Waals surface area contributed by atoms with Gasteiger partial charge in [0.05, 0.1) is 5.71 Å². The summed E-state index contributed by atoms with van der Waals surface area (Å²) in [6.07, 6.45) is 1.09. The normalized spacial score (nSPS) is 16.1. The molecule has 0 radical (unpaired) electrons. The minimum absolute atomic E-state index is 0.766. The van der Waals surface area contributed by atoms with Gasteiger partial charge in [0.25, 0.3) is 0 Å². The van der Waals surface area contributed by atoms with Crippen LogP contribution in [0.1, 0.15) is 24.5 Å². The van der Waals surface area contributed by atoms with Crippen LogP contribution in [0.2, 0.25) is 0 Å². The van der Waals surface area contributed by atoms with E-state index in [-0.39, 0.29) is 0 Å². The Balaban J connectivity index is 2.01. The first-order valence-corrected chi connectivity index (χ1v) is 5.91. The first-order valence-electron chi connectivity index (χ1n) is 5.91. The zero-order valence-corrected chi connectivity index (χ0v) is 10.3. The van der Waals surface area contributed by atoms with Crippen LogP contribution in [0.25, 0.3) is 0 Å². The molecule has 90 valence electrons. The van der Waals surface area contributed by atoms with Gasteiger partial charge >= 0.3 is 0 Å². The van der Waals surface area contributed by atoms with Gasteiger partial charge in [0, 0.05) is 13.1 Å². The van der Waals surface area contributed by atoms with E-state index in [1.165, 1.54) is 5.56 Å². The van der Waals surface area contributed by atoms with Crippen molar-refractivity contribution in [1.82, 2.24) is 10.7 Å². The van der Waals surface area contributed by atoms with Crippen LogP contribution in [-0.4, -0.2) is 24.8 Å². The molecule has 2 N–H and O–H groups in total. The summed E-state index contributed by atoms with van der Waals surface area (Å²) in [5.41, 5.74) is 6.30. The number of benzene rings is 1. The van der Waals surface area contributed by atoms with Crippen molar-refractivity contribution in [2.24, 2.45) is 10.1 Å². The highest BCUT2D eigenvalue weighted by Crippen LogP contribution is 2.04. The number of guanidine groups is 1. The highest BCUT2D eigenvalue weighted by Gasteiger charge is 2.02. The van der Waals surface area contributed by atoms with E-state index in [0.29, 0.717) is 0 Å². The van der Waals surface area contributed by atoms with Crippen LogP contribution in [0.5, 0.6) is 0 Å². The third-order valence-electron chi connectivity index (χ3n) is 2.70. The molecule has 17 heavy (non-hydrogen) atoms. The second-order valence-electron chi connectivity index (χ2n) is 4.19. The summed E-state index contributed by atoms with van der Waals surface area (Å²) in [5.74, 6) is 0.766. The molecule has 0 saturated carbocycles. The molecule has 4 heteroatoms. The molecular weight excluding hydrogens is 212 g/mol. The fourth-order valence-corrected chi connectivity index (χ4v) is 1.60. The number of rotatable bonds is 2. The average molecular weight is 230 g/mol. The van der Waals surface area contributed by atoms with E-state index >= 15 is 0 Å². The highest BCUT2D eigenvalue weighted by molar-refractivity contribution is 5.99. The van der Waals surface area contributed by atoms with Crippen LogP contribution < -0.4 is 10.7 Å². The lowest BCUT2D eigenvalue weighted by Crippen LogP contribution is -2.38. The lowest BCUT2D eigenvalue weighted by atomic mass is 10.1. The molecule has 1 aliphatic heterocycles. The predicted octanol–water partition coefficient (Wildman–Crippen LogP) is 1.66. The van der Waals surface area contributed by atoms with Gasteiger partial charge in [-0.3, -0.25) is 4.99 Å². The van der Waals surface area contributed by atoms with Gasteiger partial charge in [0.1, 0.15) is 0 Å². The number of aryl methyl sites for hydroxylation is 1. The molecule has 0 aliphatic carbocycles. The fraction of sp³-hybridized carbons (Fsp3) is 0.385. The van der Waals surface area contributed by atoms with Crippen LogP contribution in [0.3, 0.4) is 0 Å². The monoisotopic (exact) mass is 230 g/mol. The Morgan fingerprint density at radius 3 is 2.76 bits per heavy atom. The molecular formula is C13H18N4. The molecule has 2 rings (SSSR count). The standard InChI is InChI=1S/C13H18N4/c1-10-4-6-12(7-5-10)11(2)16-17-13-14-8-3-9-15-13/h4-7H,3,8-9H2,1-2H3,(H2,14,15,17). The Kier molecular flexibility index (Phi) is 3.75. The van der Waals surface area contributed by atoms with Gasteiger partial charge < -0.3 is 5.32 Å². The molecule has 0 fully saturated rings. The third-order valence-corrected chi connectivity index (χ3v) is 2.70. The fourth-order valence-electron chi connectivity index (χ4n) is 1.60. The number of hydrazone groups is 1. The van der Waals surface area contributed by atoms with Crippen LogP contribution in [0, 0.1) is 6.92 Å². The molecule has 0 aromatic heterocycles. The molecule has 1 aromatic carbocycles. The van der Waals surface area contributed by atoms with Crippen LogP contribution in [-0.2, 0) is 0 Å². The quantitative estimate of drug-likeness (QED) is 0.599. The summed E-state index contributed by atoms with van der Waals surface area (Å²) in [5, 5.41) is 7.49. The number of nitrogens with one attached hydrogen (secondary N) is 2. The molecule has 0 saturated heterocycles. The minimum atomic E-state index is 0.766. The van der Waals surface area contributed by atoms with Crippen LogP contribution in [0.15, 0.2) is 34.4 Å². The van der Waals surface area contributed by atoms with E-state index in [0.717, 1.165) is 36.7 Å². The second kappa shape index (κ2) is 5.48. The Morgan fingerprint density at radius 2 is 2.12 bits per heavy atom. The lowest BCUT2D eigenvalue weighted by Gasteiger charge is -2.13. The number of hydrogen-bond donors (Lipinski definition) is 2. The van der Waals surface area contributed by atoms with Gasteiger partial charge in [-0.05, 0) is 25.8 Å².